The molecule has 8 heteroatoms. The number of anilines is 3. The van der Waals surface area contributed by atoms with Gasteiger partial charge >= 0.3 is 0 Å². The Kier molecular flexibility index (Phi) is 7.24. The number of benzene rings is 2. The van der Waals surface area contributed by atoms with E-state index in [9.17, 15) is 4.79 Å². The van der Waals surface area contributed by atoms with Crippen molar-refractivity contribution in [2.45, 2.75) is 20.3 Å². The summed E-state index contributed by atoms with van der Waals surface area (Å²) in [6.07, 6.45) is 0.408. The highest BCUT2D eigenvalue weighted by molar-refractivity contribution is 5.59. The molecule has 0 saturated carbocycles. The Hall–Kier alpha value is -3.39. The van der Waals surface area contributed by atoms with Gasteiger partial charge in [-0.3, -0.25) is 14.7 Å². The molecule has 0 spiro atoms. The van der Waals surface area contributed by atoms with E-state index in [4.69, 9.17) is 4.74 Å². The first-order chi connectivity index (χ1) is 16.0. The largest absolute Gasteiger partial charge is 0.497 e. The van der Waals surface area contributed by atoms with Gasteiger partial charge in [0, 0.05) is 50.5 Å². The van der Waals surface area contributed by atoms with E-state index >= 15 is 0 Å². The van der Waals surface area contributed by atoms with Crippen LogP contribution >= 0.6 is 0 Å². The van der Waals surface area contributed by atoms with Crippen molar-refractivity contribution in [3.63, 3.8) is 0 Å². The summed E-state index contributed by atoms with van der Waals surface area (Å²) >= 11 is 0. The summed E-state index contributed by atoms with van der Waals surface area (Å²) in [7, 11) is 1.62. The smallest absolute Gasteiger partial charge is 0.274 e. The number of aromatic amines is 1. The molecule has 0 atom stereocenters. The quantitative estimate of drug-likeness (QED) is 0.547. The number of hydrogen-bond acceptors (Lipinski definition) is 7. The predicted molar refractivity (Wildman–Crippen MR) is 132 cm³/mol. The topological polar surface area (TPSA) is 86.4 Å². The minimum absolute atomic E-state index is 0.251. The van der Waals surface area contributed by atoms with Crippen LogP contribution in [0.4, 0.5) is 17.3 Å². The third kappa shape index (κ3) is 6.10. The van der Waals surface area contributed by atoms with Crippen LogP contribution in [0, 0.1) is 5.92 Å². The summed E-state index contributed by atoms with van der Waals surface area (Å²) in [5, 5.41) is 11.4. The number of H-pyrrole nitrogens is 1. The Bertz CT molecular complexity index is 1090. The van der Waals surface area contributed by atoms with Gasteiger partial charge in [-0.2, -0.15) is 0 Å². The predicted octanol–water partition coefficient (Wildman–Crippen LogP) is 3.29. The maximum absolute atomic E-state index is 12.5. The zero-order valence-corrected chi connectivity index (χ0v) is 19.5. The molecular formula is C25H32N6O2. The molecular weight excluding hydrogens is 416 g/mol. The maximum atomic E-state index is 12.5. The molecule has 8 nitrogen and oxygen atoms in total. The van der Waals surface area contributed by atoms with Crippen LogP contribution in [0.2, 0.25) is 0 Å². The second kappa shape index (κ2) is 10.5. The van der Waals surface area contributed by atoms with E-state index in [1.54, 1.807) is 7.11 Å². The molecule has 1 aliphatic heterocycles. The van der Waals surface area contributed by atoms with Gasteiger partial charge in [0.1, 0.15) is 11.4 Å². The molecule has 174 valence electrons. The van der Waals surface area contributed by atoms with Crippen LogP contribution in [0.15, 0.2) is 53.3 Å². The van der Waals surface area contributed by atoms with Crippen LogP contribution < -0.4 is 20.5 Å². The fourth-order valence-corrected chi connectivity index (χ4v) is 4.07. The molecule has 0 amide bonds. The number of aromatic nitrogens is 3. The summed E-state index contributed by atoms with van der Waals surface area (Å²) in [6, 6.07) is 15.8. The molecule has 3 aromatic rings. The number of methoxy groups -OCH3 is 1. The van der Waals surface area contributed by atoms with Gasteiger partial charge in [-0.25, -0.2) is 0 Å². The van der Waals surface area contributed by atoms with Crippen LogP contribution in [0.5, 0.6) is 5.75 Å². The molecule has 4 rings (SSSR count). The molecule has 1 saturated heterocycles. The van der Waals surface area contributed by atoms with E-state index in [0.29, 0.717) is 24.0 Å². The van der Waals surface area contributed by atoms with Crippen molar-refractivity contribution in [1.29, 1.82) is 0 Å². The van der Waals surface area contributed by atoms with Gasteiger partial charge in [0.2, 0.25) is 5.95 Å². The van der Waals surface area contributed by atoms with Crippen molar-refractivity contribution in [3.8, 4) is 5.75 Å². The zero-order valence-electron chi connectivity index (χ0n) is 19.5. The lowest BCUT2D eigenvalue weighted by molar-refractivity contribution is 0.231. The lowest BCUT2D eigenvalue weighted by atomic mass is 10.1. The fraction of sp³-hybridized carbons (Fsp3) is 0.400. The zero-order chi connectivity index (χ0) is 23.2. The Labute approximate surface area is 194 Å². The average Bonchev–Trinajstić information content (AvgIpc) is 2.82. The molecule has 0 aliphatic carbocycles. The van der Waals surface area contributed by atoms with Gasteiger partial charge in [-0.15, -0.1) is 10.2 Å². The summed E-state index contributed by atoms with van der Waals surface area (Å²) in [5.41, 5.74) is 3.15. The number of ether oxygens (including phenoxy) is 1. The molecule has 33 heavy (non-hydrogen) atoms. The van der Waals surface area contributed by atoms with Crippen molar-refractivity contribution in [2.24, 2.45) is 5.92 Å². The molecule has 0 unspecified atom stereocenters. The number of rotatable bonds is 8. The highest BCUT2D eigenvalue weighted by Crippen LogP contribution is 2.21. The lowest BCUT2D eigenvalue weighted by Gasteiger charge is -2.36. The first-order valence-electron chi connectivity index (χ1n) is 11.4. The second-order valence-corrected chi connectivity index (χ2v) is 8.83. The Morgan fingerprint density at radius 1 is 1.00 bits per heavy atom. The van der Waals surface area contributed by atoms with Crippen LogP contribution in [-0.2, 0) is 6.42 Å². The van der Waals surface area contributed by atoms with Gasteiger partial charge in [-0.1, -0.05) is 26.0 Å². The van der Waals surface area contributed by atoms with Gasteiger partial charge in [0.15, 0.2) is 0 Å². The minimum atomic E-state index is -0.251. The SMILES string of the molecule is COc1ccc(Cc2nnc(Nc3ccc(N4CCN(CC(C)C)CC4)cc3)[nH]c2=O)cc1. The van der Waals surface area contributed by atoms with Crippen molar-refractivity contribution in [2.75, 3.05) is 50.1 Å². The van der Waals surface area contributed by atoms with Gasteiger partial charge < -0.3 is 15.0 Å². The summed E-state index contributed by atoms with van der Waals surface area (Å²) in [5.74, 6) is 1.80. The fourth-order valence-electron chi connectivity index (χ4n) is 4.07. The third-order valence-electron chi connectivity index (χ3n) is 5.79. The van der Waals surface area contributed by atoms with E-state index in [1.807, 2.05) is 36.4 Å². The van der Waals surface area contributed by atoms with E-state index in [-0.39, 0.29) is 5.56 Å². The first-order valence-corrected chi connectivity index (χ1v) is 11.4. The van der Waals surface area contributed by atoms with E-state index in [2.05, 4.69) is 56.3 Å². The second-order valence-electron chi connectivity index (χ2n) is 8.83. The molecule has 0 radical (unpaired) electrons. The molecule has 2 N–H and O–H groups in total. The van der Waals surface area contributed by atoms with Gasteiger partial charge in [0.25, 0.3) is 5.56 Å². The van der Waals surface area contributed by atoms with Crippen molar-refractivity contribution in [1.82, 2.24) is 20.1 Å². The van der Waals surface area contributed by atoms with Crippen LogP contribution in [0.1, 0.15) is 25.1 Å². The lowest BCUT2D eigenvalue weighted by Crippen LogP contribution is -2.47. The summed E-state index contributed by atoms with van der Waals surface area (Å²) in [6.45, 7) is 9.96. The van der Waals surface area contributed by atoms with E-state index in [0.717, 1.165) is 49.7 Å². The van der Waals surface area contributed by atoms with Crippen LogP contribution in [0.3, 0.4) is 0 Å². The van der Waals surface area contributed by atoms with Gasteiger partial charge in [0.05, 0.1) is 7.11 Å². The highest BCUT2D eigenvalue weighted by atomic mass is 16.5. The molecule has 0 bridgehead atoms. The van der Waals surface area contributed by atoms with E-state index in [1.165, 1.54) is 5.69 Å². The number of nitrogens with one attached hydrogen (secondary N) is 2. The van der Waals surface area contributed by atoms with Crippen molar-refractivity contribution >= 4 is 17.3 Å². The minimum Gasteiger partial charge on any atom is -0.497 e. The highest BCUT2D eigenvalue weighted by Gasteiger charge is 2.17. The summed E-state index contributed by atoms with van der Waals surface area (Å²) in [4.78, 5) is 20.2. The Morgan fingerprint density at radius 3 is 2.30 bits per heavy atom. The molecule has 2 heterocycles. The van der Waals surface area contributed by atoms with Crippen LogP contribution in [-0.4, -0.2) is 59.9 Å². The first kappa shape index (κ1) is 22.8. The molecule has 2 aromatic carbocycles. The normalized spacial score (nSPS) is 14.5. The summed E-state index contributed by atoms with van der Waals surface area (Å²) < 4.78 is 5.17. The maximum Gasteiger partial charge on any atom is 0.274 e. The number of piperazine rings is 1. The van der Waals surface area contributed by atoms with Crippen molar-refractivity contribution in [3.05, 3.63) is 70.1 Å². The number of nitrogens with zero attached hydrogens (tertiary/aromatic N) is 4. The molecule has 1 aliphatic rings. The monoisotopic (exact) mass is 448 g/mol. The van der Waals surface area contributed by atoms with Crippen LogP contribution in [0.25, 0.3) is 0 Å². The van der Waals surface area contributed by atoms with E-state index < -0.39 is 0 Å². The standard InChI is InChI=1S/C25H32N6O2/c1-18(2)17-30-12-14-31(15-13-30)21-8-6-20(7-9-21)26-25-27-24(32)23(28-29-25)16-19-4-10-22(33-3)11-5-19/h4-11,18H,12-17H2,1-3H3,(H2,26,27,29,32). The Morgan fingerprint density at radius 2 is 1.70 bits per heavy atom. The molecule has 1 aromatic heterocycles. The number of hydrogen-bond donors (Lipinski definition) is 2. The molecule has 1 fully saturated rings. The third-order valence-corrected chi connectivity index (χ3v) is 5.79. The van der Waals surface area contributed by atoms with Crippen molar-refractivity contribution < 1.29 is 4.74 Å². The Balaban J connectivity index is 1.34. The van der Waals surface area contributed by atoms with Gasteiger partial charge in [-0.05, 0) is 47.9 Å². The average molecular weight is 449 g/mol.